The van der Waals surface area contributed by atoms with E-state index in [0.29, 0.717) is 10.8 Å². The Morgan fingerprint density at radius 3 is 2.29 bits per heavy atom. The number of hydrogen-bond acceptors (Lipinski definition) is 8. The Kier molecular flexibility index (Phi) is 13.7. The smallest absolute Gasteiger partial charge is 0.293 e. The average molecular weight is 815 g/mol. The minimum absolute atomic E-state index is 0.118. The van der Waals surface area contributed by atoms with Crippen molar-refractivity contribution in [1.82, 2.24) is 4.72 Å². The first-order valence-corrected chi connectivity index (χ1v) is 21.4. The molecule has 5 aromatic carbocycles. The largest absolute Gasteiger partial charge is 0.376 e. The van der Waals surface area contributed by atoms with Crippen LogP contribution in [0.15, 0.2) is 131 Å². The lowest BCUT2D eigenvalue weighted by atomic mass is 9.99. The fourth-order valence-corrected chi connectivity index (χ4v) is 8.83. The monoisotopic (exact) mass is 814 g/mol. The van der Waals surface area contributed by atoms with Gasteiger partial charge in [0.1, 0.15) is 12.2 Å². The first-order chi connectivity index (χ1) is 26.9. The second kappa shape index (κ2) is 18.8. The number of benzene rings is 5. The minimum atomic E-state index is -4.42. The molecule has 292 valence electrons. The molecule has 1 fully saturated rings. The molecule has 0 aromatic heterocycles. The van der Waals surface area contributed by atoms with E-state index in [0.717, 1.165) is 67.9 Å². The van der Waals surface area contributed by atoms with Gasteiger partial charge < -0.3 is 20.0 Å². The summed E-state index contributed by atoms with van der Waals surface area (Å²) in [4.78, 5) is 30.4. The van der Waals surface area contributed by atoms with Crippen LogP contribution >= 0.6 is 23.4 Å². The number of nitro groups is 1. The van der Waals surface area contributed by atoms with Crippen molar-refractivity contribution in [3.8, 4) is 11.1 Å². The summed E-state index contributed by atoms with van der Waals surface area (Å²) in [6.45, 7) is 5.24. The highest BCUT2D eigenvalue weighted by Crippen LogP contribution is 2.30. The predicted molar refractivity (Wildman–Crippen MR) is 225 cm³/mol. The Bertz CT molecular complexity index is 2220. The summed E-state index contributed by atoms with van der Waals surface area (Å²) < 4.78 is 28.8. The fourth-order valence-electron chi connectivity index (χ4n) is 6.72. The fraction of sp³-hybridized carbons (Fsp3) is 0.262. The number of piperazine rings is 1. The van der Waals surface area contributed by atoms with E-state index in [1.54, 1.807) is 23.9 Å². The summed E-state index contributed by atoms with van der Waals surface area (Å²) in [7, 11) is -0.335. The maximum absolute atomic E-state index is 13.4. The molecule has 5 aromatic rings. The Labute approximate surface area is 337 Å². The number of nitro benzene ring substituents is 1. The third-order valence-electron chi connectivity index (χ3n) is 9.83. The predicted octanol–water partition coefficient (Wildman–Crippen LogP) is 5.05. The molecular formula is C42H47ClN6O5S2+2. The number of nitrogens with one attached hydrogen (secondary N) is 4. The maximum atomic E-state index is 13.4. The maximum Gasteiger partial charge on any atom is 0.293 e. The van der Waals surface area contributed by atoms with Crippen molar-refractivity contribution in [2.24, 2.45) is 0 Å². The van der Waals surface area contributed by atoms with Crippen LogP contribution in [-0.2, 0) is 16.6 Å². The molecule has 56 heavy (non-hydrogen) atoms. The van der Waals surface area contributed by atoms with Crippen molar-refractivity contribution in [3.05, 3.63) is 148 Å². The van der Waals surface area contributed by atoms with Crippen LogP contribution < -0.4 is 24.7 Å². The Morgan fingerprint density at radius 1 is 0.929 bits per heavy atom. The van der Waals surface area contributed by atoms with Crippen LogP contribution in [0.5, 0.6) is 0 Å². The normalized spacial score (nSPS) is 14.0. The number of carbonyl (C=O) groups is 1. The minimum Gasteiger partial charge on any atom is -0.376 e. The van der Waals surface area contributed by atoms with Gasteiger partial charge in [0, 0.05) is 51.0 Å². The molecule has 6 rings (SSSR count). The molecule has 4 N–H and O–H groups in total. The summed E-state index contributed by atoms with van der Waals surface area (Å²) >= 11 is 7.76. The highest BCUT2D eigenvalue weighted by molar-refractivity contribution is 7.99. The van der Waals surface area contributed by atoms with Gasteiger partial charge in [-0.05, 0) is 71.8 Å². The molecule has 1 amide bonds. The van der Waals surface area contributed by atoms with Crippen LogP contribution in [-0.4, -0.2) is 77.9 Å². The number of halogens is 1. The van der Waals surface area contributed by atoms with Crippen molar-refractivity contribution in [2.75, 3.05) is 62.8 Å². The van der Waals surface area contributed by atoms with Gasteiger partial charge in [-0.3, -0.25) is 14.9 Å². The van der Waals surface area contributed by atoms with Gasteiger partial charge in [-0.1, -0.05) is 66.2 Å². The van der Waals surface area contributed by atoms with Crippen LogP contribution in [0, 0.1) is 10.1 Å². The second-order valence-electron chi connectivity index (χ2n) is 14.2. The summed E-state index contributed by atoms with van der Waals surface area (Å²) in [6, 6.07) is 36.7. The van der Waals surface area contributed by atoms with Gasteiger partial charge in [0.25, 0.3) is 21.6 Å². The summed E-state index contributed by atoms with van der Waals surface area (Å²) in [5.41, 5.74) is 4.56. The Balaban J connectivity index is 1.06. The van der Waals surface area contributed by atoms with Gasteiger partial charge in [-0.2, -0.15) is 0 Å². The standard InChI is InChI=1S/C42H45ClN6O5S2/c1-46(2)23-22-35(30-55-37-9-4-3-5-10-37)44-40-21-20-38(28-41(40)49(51)52)56(53,54)45-42(50)32-14-18-36(19-15-32)48-26-24-47(25-27-48)29-33-8-6-7-11-39(33)31-12-16-34(43)17-13-31/h3-21,28,35,44H,22-27,29-30H2,1-2H3,(H,45,50)/p+2/t35-/m1/s1. The second-order valence-corrected chi connectivity index (χ2v) is 17.4. The molecule has 1 aliphatic rings. The number of anilines is 2. The Hall–Kier alpha value is -4.92. The lowest BCUT2D eigenvalue weighted by Crippen LogP contribution is -3.13. The number of rotatable bonds is 16. The highest BCUT2D eigenvalue weighted by Gasteiger charge is 2.26. The quantitative estimate of drug-likeness (QED) is 0.0620. The molecule has 1 aliphatic heterocycles. The molecule has 0 spiro atoms. The zero-order valence-corrected chi connectivity index (χ0v) is 33.8. The van der Waals surface area contributed by atoms with Crippen molar-refractivity contribution in [1.29, 1.82) is 0 Å². The average Bonchev–Trinajstić information content (AvgIpc) is 3.20. The molecule has 0 unspecified atom stereocenters. The molecule has 0 saturated carbocycles. The van der Waals surface area contributed by atoms with Gasteiger partial charge in [0.2, 0.25) is 0 Å². The number of carbonyl (C=O) groups excluding carboxylic acids is 1. The van der Waals surface area contributed by atoms with Crippen molar-refractivity contribution >= 4 is 56.4 Å². The zero-order valence-electron chi connectivity index (χ0n) is 31.4. The highest BCUT2D eigenvalue weighted by atomic mass is 35.5. The molecular weight excluding hydrogens is 768 g/mol. The SMILES string of the molecule is C[NH+](C)CC[C@H](CSc1ccccc1)Nc1ccc(S(=O)(=O)NC(=O)c2ccc(N3CC[NH+](Cc4ccccc4-c4ccc(Cl)cc4)CC3)cc2)cc1[N+](=O)[O-]. The number of sulfonamides is 1. The van der Waals surface area contributed by atoms with Crippen LogP contribution in [0.4, 0.5) is 17.1 Å². The van der Waals surface area contributed by atoms with E-state index >= 15 is 0 Å². The molecule has 1 atom stereocenters. The van der Waals surface area contributed by atoms with Crippen molar-refractivity contribution < 1.29 is 27.9 Å². The molecule has 14 heteroatoms. The lowest BCUT2D eigenvalue weighted by Gasteiger charge is -2.34. The van der Waals surface area contributed by atoms with Gasteiger partial charge in [-0.25, -0.2) is 13.1 Å². The number of thioether (sulfide) groups is 1. The van der Waals surface area contributed by atoms with E-state index in [4.69, 9.17) is 11.6 Å². The van der Waals surface area contributed by atoms with Crippen LogP contribution in [0.2, 0.25) is 5.02 Å². The van der Waals surface area contributed by atoms with Crippen LogP contribution in [0.25, 0.3) is 11.1 Å². The van der Waals surface area contributed by atoms with Gasteiger partial charge >= 0.3 is 0 Å². The zero-order chi connectivity index (χ0) is 39.7. The topological polar surface area (TPSA) is 131 Å². The van der Waals surface area contributed by atoms with Crippen LogP contribution in [0.3, 0.4) is 0 Å². The van der Waals surface area contributed by atoms with Gasteiger partial charge in [0.05, 0.1) is 56.6 Å². The first kappa shape index (κ1) is 40.7. The van der Waals surface area contributed by atoms with E-state index < -0.39 is 20.9 Å². The molecule has 0 bridgehead atoms. The summed E-state index contributed by atoms with van der Waals surface area (Å²) in [5, 5.41) is 16.2. The van der Waals surface area contributed by atoms with E-state index in [2.05, 4.69) is 39.2 Å². The third-order valence-corrected chi connectivity index (χ3v) is 12.6. The van der Waals surface area contributed by atoms with Gasteiger partial charge in [0.15, 0.2) is 0 Å². The number of nitrogens with zero attached hydrogens (tertiary/aromatic N) is 2. The lowest BCUT2D eigenvalue weighted by molar-refractivity contribution is -0.914. The van der Waals surface area contributed by atoms with E-state index in [-0.39, 0.29) is 27.9 Å². The van der Waals surface area contributed by atoms with E-state index in [1.807, 2.05) is 80.8 Å². The number of hydrogen-bond donors (Lipinski definition) is 4. The third kappa shape index (κ3) is 10.9. The Morgan fingerprint density at radius 2 is 1.61 bits per heavy atom. The van der Waals surface area contributed by atoms with E-state index in [1.165, 1.54) is 33.1 Å². The van der Waals surface area contributed by atoms with E-state index in [9.17, 15) is 23.3 Å². The van der Waals surface area contributed by atoms with Crippen molar-refractivity contribution in [2.45, 2.75) is 28.8 Å². The molecule has 0 aliphatic carbocycles. The summed E-state index contributed by atoms with van der Waals surface area (Å²) in [6.07, 6.45) is 0.742. The van der Waals surface area contributed by atoms with Crippen molar-refractivity contribution in [3.63, 3.8) is 0 Å². The number of amides is 1. The molecule has 0 radical (unpaired) electrons. The van der Waals surface area contributed by atoms with Gasteiger partial charge in [-0.15, -0.1) is 11.8 Å². The summed E-state index contributed by atoms with van der Waals surface area (Å²) in [5.74, 6) is -0.166. The molecule has 1 saturated heterocycles. The number of quaternary nitrogens is 2. The van der Waals surface area contributed by atoms with Crippen LogP contribution in [0.1, 0.15) is 22.3 Å². The molecule has 1 heterocycles. The molecule has 11 nitrogen and oxygen atoms in total. The first-order valence-electron chi connectivity index (χ1n) is 18.6.